The quantitative estimate of drug-likeness (QED) is 0.196. The Kier molecular flexibility index (Phi) is 8.04. The molecular weight excluding hydrogens is 400 g/mol. The van der Waals surface area contributed by atoms with E-state index in [9.17, 15) is 10.1 Å². The molecule has 2 atom stereocenters. The van der Waals surface area contributed by atoms with E-state index in [1.807, 2.05) is 11.3 Å². The highest BCUT2D eigenvalue weighted by molar-refractivity contribution is 7.10. The van der Waals surface area contributed by atoms with Crippen molar-refractivity contribution in [1.82, 2.24) is 15.5 Å². The molecule has 1 aliphatic heterocycles. The topological polar surface area (TPSA) is 94.8 Å². The number of piperidine rings is 1. The first-order chi connectivity index (χ1) is 14.6. The van der Waals surface area contributed by atoms with Crippen molar-refractivity contribution in [3.63, 3.8) is 0 Å². The van der Waals surface area contributed by atoms with Crippen molar-refractivity contribution in [3.8, 4) is 0 Å². The van der Waals surface area contributed by atoms with Crippen LogP contribution < -0.4 is 16.0 Å². The summed E-state index contributed by atoms with van der Waals surface area (Å²) in [6.45, 7) is 3.13. The van der Waals surface area contributed by atoms with E-state index >= 15 is 0 Å². The Morgan fingerprint density at radius 2 is 2.10 bits per heavy atom. The number of guanidine groups is 1. The average molecular weight is 431 g/mol. The second kappa shape index (κ2) is 10.9. The summed E-state index contributed by atoms with van der Waals surface area (Å²) in [5.41, 5.74) is 0.609. The Morgan fingerprint density at radius 3 is 2.83 bits per heavy atom. The SMILES string of the molecule is CN=C(NCCNc1ccccc1[N+](=O)[O-])NCC1CCCN(C)C1c1cccs1. The second-order valence-electron chi connectivity index (χ2n) is 7.42. The first kappa shape index (κ1) is 22.0. The van der Waals surface area contributed by atoms with Gasteiger partial charge in [-0.25, -0.2) is 0 Å². The number of hydrogen-bond acceptors (Lipinski definition) is 6. The van der Waals surface area contributed by atoms with Crippen LogP contribution in [0.2, 0.25) is 0 Å². The number of benzene rings is 1. The fraction of sp³-hybridized carbons (Fsp3) is 0.476. The van der Waals surface area contributed by atoms with Gasteiger partial charge in [0, 0.05) is 43.7 Å². The lowest BCUT2D eigenvalue weighted by Crippen LogP contribution is -2.45. The zero-order chi connectivity index (χ0) is 21.3. The van der Waals surface area contributed by atoms with Crippen molar-refractivity contribution < 1.29 is 4.92 Å². The third kappa shape index (κ3) is 5.70. The van der Waals surface area contributed by atoms with Gasteiger partial charge in [-0.2, -0.15) is 0 Å². The number of aliphatic imine (C=N–C) groups is 1. The molecule has 0 amide bonds. The van der Waals surface area contributed by atoms with Gasteiger partial charge in [0.05, 0.1) is 4.92 Å². The molecule has 1 aromatic carbocycles. The number of nitro benzene ring substituents is 1. The normalized spacial score (nSPS) is 20.0. The standard InChI is InChI=1S/C21H30N6O2S/c1-22-21(24-12-11-23-17-8-3-4-9-18(17)27(28)29)25-15-16-7-5-13-26(2)20(16)19-10-6-14-30-19/h3-4,6,8-10,14,16,20,23H,5,7,11-13,15H2,1-2H3,(H2,22,24,25). The molecule has 0 spiro atoms. The van der Waals surface area contributed by atoms with Gasteiger partial charge in [0.15, 0.2) is 5.96 Å². The Morgan fingerprint density at radius 1 is 1.27 bits per heavy atom. The highest BCUT2D eigenvalue weighted by Crippen LogP contribution is 2.36. The van der Waals surface area contributed by atoms with Crippen LogP contribution in [0.1, 0.15) is 23.8 Å². The zero-order valence-electron chi connectivity index (χ0n) is 17.5. The highest BCUT2D eigenvalue weighted by Gasteiger charge is 2.31. The molecule has 3 N–H and O–H groups in total. The number of nitro groups is 1. The Labute approximate surface area is 181 Å². The third-order valence-corrected chi connectivity index (χ3v) is 6.37. The molecule has 1 saturated heterocycles. The van der Waals surface area contributed by atoms with Gasteiger partial charge in [-0.15, -0.1) is 11.3 Å². The van der Waals surface area contributed by atoms with Crippen LogP contribution in [0.4, 0.5) is 11.4 Å². The maximum absolute atomic E-state index is 11.1. The van der Waals surface area contributed by atoms with Gasteiger partial charge in [0.2, 0.25) is 0 Å². The van der Waals surface area contributed by atoms with Gasteiger partial charge < -0.3 is 16.0 Å². The predicted molar refractivity (Wildman–Crippen MR) is 123 cm³/mol. The van der Waals surface area contributed by atoms with Crippen LogP contribution in [0.25, 0.3) is 0 Å². The first-order valence-corrected chi connectivity index (χ1v) is 11.1. The van der Waals surface area contributed by atoms with Crippen LogP contribution >= 0.6 is 11.3 Å². The third-order valence-electron chi connectivity index (χ3n) is 5.43. The fourth-order valence-corrected chi connectivity index (χ4v) is 4.97. The summed E-state index contributed by atoms with van der Waals surface area (Å²) in [6, 6.07) is 11.5. The Bertz CT molecular complexity index is 842. The molecule has 1 aromatic heterocycles. The van der Waals surface area contributed by atoms with Gasteiger partial charge in [-0.3, -0.25) is 20.0 Å². The van der Waals surface area contributed by atoms with Crippen LogP contribution in [-0.2, 0) is 0 Å². The number of para-hydroxylation sites is 2. The highest BCUT2D eigenvalue weighted by atomic mass is 32.1. The summed E-state index contributed by atoms with van der Waals surface area (Å²) < 4.78 is 0. The van der Waals surface area contributed by atoms with Gasteiger partial charge >= 0.3 is 0 Å². The molecule has 162 valence electrons. The molecule has 9 heteroatoms. The maximum Gasteiger partial charge on any atom is 0.292 e. The van der Waals surface area contributed by atoms with E-state index in [0.29, 0.717) is 30.7 Å². The van der Waals surface area contributed by atoms with Gasteiger partial charge in [0.25, 0.3) is 5.69 Å². The van der Waals surface area contributed by atoms with Crippen LogP contribution in [0.3, 0.4) is 0 Å². The molecule has 0 saturated carbocycles. The summed E-state index contributed by atoms with van der Waals surface area (Å²) in [4.78, 5) is 18.9. The Balaban J connectivity index is 1.47. The van der Waals surface area contributed by atoms with E-state index in [-0.39, 0.29) is 10.6 Å². The predicted octanol–water partition coefficient (Wildman–Crippen LogP) is 3.32. The molecule has 2 aromatic rings. The number of hydrogen-bond donors (Lipinski definition) is 3. The molecule has 2 unspecified atom stereocenters. The smallest absolute Gasteiger partial charge is 0.292 e. The molecule has 3 rings (SSSR count). The number of nitrogens with zero attached hydrogens (tertiary/aromatic N) is 3. The first-order valence-electron chi connectivity index (χ1n) is 10.3. The minimum absolute atomic E-state index is 0.0843. The van der Waals surface area contributed by atoms with E-state index < -0.39 is 0 Å². The van der Waals surface area contributed by atoms with Crippen LogP contribution in [-0.4, -0.2) is 56.1 Å². The van der Waals surface area contributed by atoms with Crippen molar-refractivity contribution >= 4 is 28.7 Å². The summed E-state index contributed by atoms with van der Waals surface area (Å²) in [6.07, 6.45) is 2.40. The van der Waals surface area contributed by atoms with E-state index in [2.05, 4.69) is 50.4 Å². The van der Waals surface area contributed by atoms with E-state index in [1.54, 1.807) is 25.2 Å². The maximum atomic E-state index is 11.1. The molecule has 1 aliphatic rings. The zero-order valence-corrected chi connectivity index (χ0v) is 18.3. The molecule has 0 radical (unpaired) electrons. The summed E-state index contributed by atoms with van der Waals surface area (Å²) in [7, 11) is 3.96. The van der Waals surface area contributed by atoms with E-state index in [1.165, 1.54) is 23.8 Å². The summed E-state index contributed by atoms with van der Waals surface area (Å²) >= 11 is 1.82. The number of nitrogens with one attached hydrogen (secondary N) is 3. The molecule has 1 fully saturated rings. The van der Waals surface area contributed by atoms with E-state index in [0.717, 1.165) is 19.0 Å². The van der Waals surface area contributed by atoms with Gasteiger partial charge in [-0.1, -0.05) is 18.2 Å². The molecular formula is C21H30N6O2S. The van der Waals surface area contributed by atoms with Crippen LogP contribution in [0, 0.1) is 16.0 Å². The van der Waals surface area contributed by atoms with Gasteiger partial charge in [0.1, 0.15) is 5.69 Å². The summed E-state index contributed by atoms with van der Waals surface area (Å²) in [5.74, 6) is 1.27. The molecule has 8 nitrogen and oxygen atoms in total. The fourth-order valence-electron chi connectivity index (χ4n) is 3.99. The Hall–Kier alpha value is -2.65. The molecule has 2 heterocycles. The van der Waals surface area contributed by atoms with Crippen LogP contribution in [0.5, 0.6) is 0 Å². The number of anilines is 1. The molecule has 30 heavy (non-hydrogen) atoms. The number of likely N-dealkylation sites (tertiary alicyclic amines) is 1. The lowest BCUT2D eigenvalue weighted by molar-refractivity contribution is -0.384. The molecule has 0 aliphatic carbocycles. The van der Waals surface area contributed by atoms with Crippen molar-refractivity contribution in [1.29, 1.82) is 0 Å². The van der Waals surface area contributed by atoms with E-state index in [4.69, 9.17) is 0 Å². The van der Waals surface area contributed by atoms with Crippen molar-refractivity contribution in [3.05, 3.63) is 56.8 Å². The van der Waals surface area contributed by atoms with Crippen molar-refractivity contribution in [2.45, 2.75) is 18.9 Å². The second-order valence-corrected chi connectivity index (χ2v) is 8.40. The van der Waals surface area contributed by atoms with Crippen LogP contribution in [0.15, 0.2) is 46.8 Å². The monoisotopic (exact) mass is 430 g/mol. The number of rotatable bonds is 8. The molecule has 0 bridgehead atoms. The van der Waals surface area contributed by atoms with Crippen molar-refractivity contribution in [2.24, 2.45) is 10.9 Å². The average Bonchev–Trinajstić information content (AvgIpc) is 3.27. The minimum atomic E-state index is -0.374. The lowest BCUT2D eigenvalue weighted by atomic mass is 9.88. The van der Waals surface area contributed by atoms with Gasteiger partial charge in [-0.05, 0) is 49.9 Å². The van der Waals surface area contributed by atoms with Crippen molar-refractivity contribution in [2.75, 3.05) is 45.6 Å². The lowest BCUT2D eigenvalue weighted by Gasteiger charge is -2.39. The largest absolute Gasteiger partial charge is 0.378 e. The summed E-state index contributed by atoms with van der Waals surface area (Å²) in [5, 5.41) is 23.1. The number of thiophene rings is 1. The minimum Gasteiger partial charge on any atom is -0.378 e.